The molecular weight excluding hydrogens is 320 g/mol. The molecule has 9 heteroatoms. The molecule has 0 aromatic carbocycles. The number of aryl methyl sites for hydroxylation is 1. The van der Waals surface area contributed by atoms with Gasteiger partial charge in [0, 0.05) is 30.0 Å². The van der Waals surface area contributed by atoms with Crippen LogP contribution in [-0.2, 0) is 6.42 Å². The van der Waals surface area contributed by atoms with Crippen molar-refractivity contribution in [2.75, 3.05) is 10.6 Å². The highest BCUT2D eigenvalue weighted by molar-refractivity contribution is 5.71. The zero-order chi connectivity index (χ0) is 17.6. The van der Waals surface area contributed by atoms with E-state index in [1.807, 2.05) is 6.07 Å². The number of primary amides is 1. The van der Waals surface area contributed by atoms with Crippen LogP contribution in [0.5, 0.6) is 0 Å². The monoisotopic (exact) mass is 344 g/mol. The molecule has 2 amide bonds. The van der Waals surface area contributed by atoms with Crippen LogP contribution in [0.3, 0.4) is 0 Å². The van der Waals surface area contributed by atoms with Gasteiger partial charge in [-0.05, 0) is 38.2 Å². The van der Waals surface area contributed by atoms with Gasteiger partial charge in [-0.3, -0.25) is 5.10 Å². The van der Waals surface area contributed by atoms with Crippen molar-refractivity contribution >= 4 is 23.6 Å². The molecule has 9 nitrogen and oxygen atoms in total. The zero-order valence-electron chi connectivity index (χ0n) is 14.2. The summed E-state index contributed by atoms with van der Waals surface area (Å²) in [5.41, 5.74) is 6.24. The minimum Gasteiger partial charge on any atom is -0.352 e. The van der Waals surface area contributed by atoms with Gasteiger partial charge < -0.3 is 21.7 Å². The number of amides is 2. The smallest absolute Gasteiger partial charge is 0.312 e. The first-order valence-corrected chi connectivity index (χ1v) is 8.59. The normalized spacial score (nSPS) is 20.0. The van der Waals surface area contributed by atoms with Crippen LogP contribution in [0.4, 0.5) is 22.4 Å². The Kier molecular flexibility index (Phi) is 5.32. The van der Waals surface area contributed by atoms with E-state index >= 15 is 0 Å². The first-order valence-electron chi connectivity index (χ1n) is 8.59. The molecule has 0 spiro atoms. The molecule has 3 rings (SSSR count). The van der Waals surface area contributed by atoms with E-state index in [9.17, 15) is 4.79 Å². The van der Waals surface area contributed by atoms with Gasteiger partial charge in [-0.15, -0.1) is 0 Å². The van der Waals surface area contributed by atoms with Gasteiger partial charge in [0.1, 0.15) is 5.82 Å². The minimum absolute atomic E-state index is 0.164. The Morgan fingerprint density at radius 3 is 2.72 bits per heavy atom. The molecule has 0 bridgehead atoms. The SMILES string of the molecule is CCc1cc(Nc2ccnc(NC3CCC(NC(N)=O)CC3)n2)n[nH]1. The number of aromatic nitrogens is 4. The van der Waals surface area contributed by atoms with Crippen molar-refractivity contribution in [3.05, 3.63) is 24.0 Å². The number of rotatable bonds is 6. The standard InChI is InChI=1S/C16H24N8O/c1-2-10-9-14(24-23-10)21-13-7-8-18-16(22-13)20-12-5-3-11(4-6-12)19-15(17)25/h7-9,11-12H,2-6H2,1H3,(H3,17,19,25)(H3,18,20,21,22,23,24). The lowest BCUT2D eigenvalue weighted by Gasteiger charge is -2.29. The van der Waals surface area contributed by atoms with Gasteiger partial charge in [0.2, 0.25) is 5.95 Å². The number of anilines is 3. The predicted octanol–water partition coefficient (Wildman–Crippen LogP) is 1.90. The molecule has 2 heterocycles. The van der Waals surface area contributed by atoms with Gasteiger partial charge in [0.05, 0.1) is 0 Å². The van der Waals surface area contributed by atoms with E-state index in [0.717, 1.165) is 43.6 Å². The summed E-state index contributed by atoms with van der Waals surface area (Å²) in [5.74, 6) is 2.01. The number of nitrogens with two attached hydrogens (primary N) is 1. The molecule has 1 saturated carbocycles. The fourth-order valence-electron chi connectivity index (χ4n) is 3.00. The maximum atomic E-state index is 10.9. The molecule has 1 fully saturated rings. The molecule has 134 valence electrons. The molecule has 6 N–H and O–H groups in total. The summed E-state index contributed by atoms with van der Waals surface area (Å²) in [5, 5.41) is 16.5. The number of aromatic amines is 1. The molecule has 1 aliphatic rings. The third-order valence-corrected chi connectivity index (χ3v) is 4.33. The van der Waals surface area contributed by atoms with E-state index in [4.69, 9.17) is 5.73 Å². The molecular formula is C16H24N8O. The van der Waals surface area contributed by atoms with Gasteiger partial charge in [-0.25, -0.2) is 9.78 Å². The highest BCUT2D eigenvalue weighted by Gasteiger charge is 2.22. The maximum Gasteiger partial charge on any atom is 0.312 e. The number of hydrogen-bond acceptors (Lipinski definition) is 6. The number of urea groups is 1. The maximum absolute atomic E-state index is 10.9. The summed E-state index contributed by atoms with van der Waals surface area (Å²) in [6, 6.07) is 3.76. The van der Waals surface area contributed by atoms with Crippen LogP contribution in [0.25, 0.3) is 0 Å². The van der Waals surface area contributed by atoms with Crippen LogP contribution in [0.15, 0.2) is 18.3 Å². The van der Waals surface area contributed by atoms with Crippen molar-refractivity contribution in [3.8, 4) is 0 Å². The second kappa shape index (κ2) is 7.82. The lowest BCUT2D eigenvalue weighted by atomic mass is 9.91. The molecule has 1 aliphatic carbocycles. The Morgan fingerprint density at radius 1 is 1.28 bits per heavy atom. The van der Waals surface area contributed by atoms with Crippen molar-refractivity contribution in [3.63, 3.8) is 0 Å². The lowest BCUT2D eigenvalue weighted by molar-refractivity contribution is 0.240. The second-order valence-corrected chi connectivity index (χ2v) is 6.22. The molecule has 0 unspecified atom stereocenters. The molecule has 0 atom stereocenters. The van der Waals surface area contributed by atoms with Crippen molar-refractivity contribution in [2.45, 2.75) is 51.1 Å². The fourth-order valence-corrected chi connectivity index (χ4v) is 3.00. The molecule has 0 aliphatic heterocycles. The average molecular weight is 344 g/mol. The Hall–Kier alpha value is -2.84. The van der Waals surface area contributed by atoms with Gasteiger partial charge in [0.25, 0.3) is 0 Å². The average Bonchev–Trinajstić information content (AvgIpc) is 3.04. The van der Waals surface area contributed by atoms with Gasteiger partial charge >= 0.3 is 6.03 Å². The quantitative estimate of drug-likeness (QED) is 0.543. The molecule has 0 saturated heterocycles. The summed E-state index contributed by atoms with van der Waals surface area (Å²) in [7, 11) is 0. The zero-order valence-corrected chi connectivity index (χ0v) is 14.2. The molecule has 2 aromatic rings. The van der Waals surface area contributed by atoms with Gasteiger partial charge in [-0.2, -0.15) is 10.1 Å². The fraction of sp³-hybridized carbons (Fsp3) is 0.500. The summed E-state index contributed by atoms with van der Waals surface area (Å²) in [6.07, 6.45) is 6.28. The van der Waals surface area contributed by atoms with Crippen LogP contribution in [0, 0.1) is 0 Å². The second-order valence-electron chi connectivity index (χ2n) is 6.22. The van der Waals surface area contributed by atoms with Crippen molar-refractivity contribution < 1.29 is 4.79 Å². The van der Waals surface area contributed by atoms with E-state index in [1.54, 1.807) is 12.3 Å². The number of H-pyrrole nitrogens is 1. The van der Waals surface area contributed by atoms with E-state index in [2.05, 4.69) is 43.0 Å². The molecule has 2 aromatic heterocycles. The number of carbonyl (C=O) groups excluding carboxylic acids is 1. The van der Waals surface area contributed by atoms with E-state index in [-0.39, 0.29) is 6.04 Å². The first-order chi connectivity index (χ1) is 12.1. The predicted molar refractivity (Wildman–Crippen MR) is 95.7 cm³/mol. The Labute approximate surface area is 146 Å². The molecule has 0 radical (unpaired) electrons. The van der Waals surface area contributed by atoms with E-state index in [1.165, 1.54) is 0 Å². The van der Waals surface area contributed by atoms with Crippen LogP contribution < -0.4 is 21.7 Å². The summed E-state index contributed by atoms with van der Waals surface area (Å²) >= 11 is 0. The van der Waals surface area contributed by atoms with Crippen molar-refractivity contribution in [1.29, 1.82) is 0 Å². The number of nitrogens with zero attached hydrogens (tertiary/aromatic N) is 3. The highest BCUT2D eigenvalue weighted by Crippen LogP contribution is 2.22. The summed E-state index contributed by atoms with van der Waals surface area (Å²) in [6.45, 7) is 2.07. The third-order valence-electron chi connectivity index (χ3n) is 4.33. The van der Waals surface area contributed by atoms with Crippen LogP contribution in [0.2, 0.25) is 0 Å². The van der Waals surface area contributed by atoms with E-state index < -0.39 is 6.03 Å². The van der Waals surface area contributed by atoms with Gasteiger partial charge in [0.15, 0.2) is 5.82 Å². The summed E-state index contributed by atoms with van der Waals surface area (Å²) < 4.78 is 0. The third kappa shape index (κ3) is 4.82. The Bertz CT molecular complexity index is 708. The van der Waals surface area contributed by atoms with Crippen LogP contribution in [-0.4, -0.2) is 38.3 Å². The first kappa shape index (κ1) is 17.0. The topological polar surface area (TPSA) is 134 Å². The number of carbonyl (C=O) groups is 1. The van der Waals surface area contributed by atoms with E-state index in [0.29, 0.717) is 17.8 Å². The Balaban J connectivity index is 1.54. The van der Waals surface area contributed by atoms with Gasteiger partial charge in [-0.1, -0.05) is 6.92 Å². The number of hydrogen-bond donors (Lipinski definition) is 5. The lowest BCUT2D eigenvalue weighted by Crippen LogP contribution is -2.42. The minimum atomic E-state index is -0.455. The summed E-state index contributed by atoms with van der Waals surface area (Å²) in [4.78, 5) is 19.7. The number of nitrogens with one attached hydrogen (secondary N) is 4. The highest BCUT2D eigenvalue weighted by atomic mass is 16.2. The van der Waals surface area contributed by atoms with Crippen molar-refractivity contribution in [2.24, 2.45) is 5.73 Å². The van der Waals surface area contributed by atoms with Crippen LogP contribution in [0.1, 0.15) is 38.3 Å². The van der Waals surface area contributed by atoms with Crippen molar-refractivity contribution in [1.82, 2.24) is 25.5 Å². The molecule has 25 heavy (non-hydrogen) atoms. The Morgan fingerprint density at radius 2 is 2.04 bits per heavy atom. The van der Waals surface area contributed by atoms with Crippen LogP contribution >= 0.6 is 0 Å². The largest absolute Gasteiger partial charge is 0.352 e.